The van der Waals surface area contributed by atoms with E-state index in [0.717, 1.165) is 30.8 Å². The molecule has 0 aliphatic carbocycles. The second-order valence-electron chi connectivity index (χ2n) is 5.40. The number of rotatable bonds is 3. The molecule has 0 bridgehead atoms. The van der Waals surface area contributed by atoms with Crippen LogP contribution in [0.5, 0.6) is 0 Å². The largest absolute Gasteiger partial charge is 0.376 e. The van der Waals surface area contributed by atoms with E-state index in [1.165, 1.54) is 11.1 Å². The van der Waals surface area contributed by atoms with E-state index in [1.807, 2.05) is 13.1 Å². The van der Waals surface area contributed by atoms with Gasteiger partial charge in [0.15, 0.2) is 6.10 Å². The Bertz CT molecular complexity index is 527. The topological polar surface area (TPSA) is 72.5 Å². The summed E-state index contributed by atoms with van der Waals surface area (Å²) in [7, 11) is 0. The van der Waals surface area contributed by atoms with Crippen molar-refractivity contribution in [3.63, 3.8) is 0 Å². The predicted molar refractivity (Wildman–Crippen MR) is 76.8 cm³/mol. The minimum Gasteiger partial charge on any atom is -0.376 e. The van der Waals surface area contributed by atoms with Crippen molar-refractivity contribution in [1.29, 1.82) is 0 Å². The summed E-state index contributed by atoms with van der Waals surface area (Å²) in [5.74, 6) is -0.111. The lowest BCUT2D eigenvalue weighted by molar-refractivity contribution is -0.147. The first-order valence-electron chi connectivity index (χ1n) is 7.39. The summed E-state index contributed by atoms with van der Waals surface area (Å²) < 4.78 is 10.7. The van der Waals surface area contributed by atoms with E-state index in [1.54, 1.807) is 0 Å². The van der Waals surface area contributed by atoms with Crippen LogP contribution in [0, 0.1) is 6.92 Å². The minimum absolute atomic E-state index is 0.111. The SMILES string of the molecule is Cc1ncc2c(c1CNC(=O)C1COCCO1)CCNC2. The van der Waals surface area contributed by atoms with Crippen LogP contribution in [0.25, 0.3) is 0 Å². The van der Waals surface area contributed by atoms with Crippen molar-refractivity contribution in [2.75, 3.05) is 26.4 Å². The first-order chi connectivity index (χ1) is 10.3. The maximum atomic E-state index is 12.1. The lowest BCUT2D eigenvalue weighted by Gasteiger charge is -2.24. The zero-order valence-electron chi connectivity index (χ0n) is 12.3. The molecule has 0 spiro atoms. The number of aromatic nitrogens is 1. The monoisotopic (exact) mass is 291 g/mol. The number of ether oxygens (including phenoxy) is 2. The highest BCUT2D eigenvalue weighted by atomic mass is 16.6. The van der Waals surface area contributed by atoms with Crippen LogP contribution in [0.15, 0.2) is 6.20 Å². The molecule has 1 amide bonds. The predicted octanol–water partition coefficient (Wildman–Crippen LogP) is 0.0673. The van der Waals surface area contributed by atoms with Crippen LogP contribution in [0.1, 0.15) is 22.4 Å². The van der Waals surface area contributed by atoms with Crippen molar-refractivity contribution in [2.45, 2.75) is 32.5 Å². The van der Waals surface area contributed by atoms with E-state index in [-0.39, 0.29) is 5.91 Å². The average Bonchev–Trinajstić information content (AvgIpc) is 2.54. The number of pyridine rings is 1. The second kappa shape index (κ2) is 6.51. The van der Waals surface area contributed by atoms with Gasteiger partial charge in [-0.15, -0.1) is 0 Å². The Hall–Kier alpha value is -1.50. The molecular weight excluding hydrogens is 270 g/mol. The smallest absolute Gasteiger partial charge is 0.251 e. The first-order valence-corrected chi connectivity index (χ1v) is 7.39. The summed E-state index contributed by atoms with van der Waals surface area (Å²) in [6, 6.07) is 0. The Balaban J connectivity index is 1.68. The number of hydrogen-bond acceptors (Lipinski definition) is 5. The number of carbonyl (C=O) groups excluding carboxylic acids is 1. The molecule has 1 unspecified atom stereocenters. The fourth-order valence-electron chi connectivity index (χ4n) is 2.81. The highest BCUT2D eigenvalue weighted by Gasteiger charge is 2.23. The highest BCUT2D eigenvalue weighted by molar-refractivity contribution is 5.81. The third kappa shape index (κ3) is 3.23. The molecule has 21 heavy (non-hydrogen) atoms. The number of aryl methyl sites for hydroxylation is 1. The van der Waals surface area contributed by atoms with Gasteiger partial charge in [-0.3, -0.25) is 9.78 Å². The molecule has 1 aromatic heterocycles. The molecule has 6 heteroatoms. The van der Waals surface area contributed by atoms with Crippen LogP contribution < -0.4 is 10.6 Å². The van der Waals surface area contributed by atoms with Gasteiger partial charge in [-0.2, -0.15) is 0 Å². The van der Waals surface area contributed by atoms with E-state index >= 15 is 0 Å². The third-order valence-corrected chi connectivity index (χ3v) is 4.02. The molecular formula is C15H21N3O3. The van der Waals surface area contributed by atoms with E-state index in [4.69, 9.17) is 9.47 Å². The second-order valence-corrected chi connectivity index (χ2v) is 5.40. The van der Waals surface area contributed by atoms with Gasteiger partial charge in [0, 0.05) is 25.0 Å². The normalized spacial score (nSPS) is 21.7. The quantitative estimate of drug-likeness (QED) is 0.824. The molecule has 1 aromatic rings. The standard InChI is InChI=1S/C15H21N3O3/c1-10-13(12-2-3-16-6-11(12)7-17-10)8-18-15(19)14-9-20-4-5-21-14/h7,14,16H,2-6,8-9H2,1H3,(H,18,19). The number of amides is 1. The van der Waals surface area contributed by atoms with Crippen molar-refractivity contribution in [3.8, 4) is 0 Å². The Morgan fingerprint density at radius 2 is 2.43 bits per heavy atom. The van der Waals surface area contributed by atoms with E-state index < -0.39 is 6.10 Å². The molecule has 3 heterocycles. The van der Waals surface area contributed by atoms with Gasteiger partial charge in [-0.1, -0.05) is 0 Å². The van der Waals surface area contributed by atoms with E-state index in [0.29, 0.717) is 26.4 Å². The molecule has 2 aliphatic heterocycles. The van der Waals surface area contributed by atoms with Gasteiger partial charge < -0.3 is 20.1 Å². The highest BCUT2D eigenvalue weighted by Crippen LogP contribution is 2.20. The number of hydrogen-bond donors (Lipinski definition) is 2. The summed E-state index contributed by atoms with van der Waals surface area (Å²) in [5, 5.41) is 6.30. The van der Waals surface area contributed by atoms with Crippen LogP contribution in [0.3, 0.4) is 0 Å². The summed E-state index contributed by atoms with van der Waals surface area (Å²) in [4.78, 5) is 16.5. The third-order valence-electron chi connectivity index (χ3n) is 4.02. The molecule has 0 saturated carbocycles. The Kier molecular flexibility index (Phi) is 4.48. The van der Waals surface area contributed by atoms with Gasteiger partial charge in [0.05, 0.1) is 19.8 Å². The van der Waals surface area contributed by atoms with Crippen molar-refractivity contribution in [1.82, 2.24) is 15.6 Å². The van der Waals surface area contributed by atoms with Crippen molar-refractivity contribution >= 4 is 5.91 Å². The Morgan fingerprint density at radius 3 is 3.24 bits per heavy atom. The molecule has 1 fully saturated rings. The maximum Gasteiger partial charge on any atom is 0.251 e. The van der Waals surface area contributed by atoms with Crippen LogP contribution in [0.2, 0.25) is 0 Å². The lowest BCUT2D eigenvalue weighted by Crippen LogP contribution is -2.42. The van der Waals surface area contributed by atoms with Crippen LogP contribution in [-0.2, 0) is 33.8 Å². The molecule has 0 radical (unpaired) electrons. The van der Waals surface area contributed by atoms with E-state index in [2.05, 4.69) is 15.6 Å². The average molecular weight is 291 g/mol. The summed E-state index contributed by atoms with van der Waals surface area (Å²) in [6.45, 7) is 5.68. The van der Waals surface area contributed by atoms with Crippen LogP contribution in [-0.4, -0.2) is 43.4 Å². The van der Waals surface area contributed by atoms with Gasteiger partial charge in [0.25, 0.3) is 5.91 Å². The number of nitrogens with one attached hydrogen (secondary N) is 2. The van der Waals surface area contributed by atoms with Gasteiger partial charge in [-0.05, 0) is 36.6 Å². The molecule has 1 saturated heterocycles. The van der Waals surface area contributed by atoms with Crippen LogP contribution in [0.4, 0.5) is 0 Å². The minimum atomic E-state index is -0.492. The summed E-state index contributed by atoms with van der Waals surface area (Å²) in [6.07, 6.45) is 2.42. The number of fused-ring (bicyclic) bond motifs is 1. The Morgan fingerprint density at radius 1 is 1.52 bits per heavy atom. The molecule has 0 aromatic carbocycles. The molecule has 6 nitrogen and oxygen atoms in total. The molecule has 114 valence electrons. The van der Waals surface area contributed by atoms with Gasteiger partial charge in [-0.25, -0.2) is 0 Å². The van der Waals surface area contributed by atoms with Gasteiger partial charge in [0.2, 0.25) is 0 Å². The zero-order valence-corrected chi connectivity index (χ0v) is 12.3. The fourth-order valence-corrected chi connectivity index (χ4v) is 2.81. The van der Waals surface area contributed by atoms with Gasteiger partial charge in [0.1, 0.15) is 0 Å². The van der Waals surface area contributed by atoms with Gasteiger partial charge >= 0.3 is 0 Å². The van der Waals surface area contributed by atoms with Crippen LogP contribution >= 0.6 is 0 Å². The maximum absolute atomic E-state index is 12.1. The van der Waals surface area contributed by atoms with Crippen molar-refractivity contribution in [2.24, 2.45) is 0 Å². The molecule has 1 atom stereocenters. The molecule has 3 rings (SSSR count). The number of carbonyl (C=O) groups is 1. The first kappa shape index (κ1) is 14.4. The zero-order chi connectivity index (χ0) is 14.7. The number of nitrogens with zero attached hydrogens (tertiary/aromatic N) is 1. The fraction of sp³-hybridized carbons (Fsp3) is 0.600. The molecule has 2 aliphatic rings. The van der Waals surface area contributed by atoms with E-state index in [9.17, 15) is 4.79 Å². The summed E-state index contributed by atoms with van der Waals surface area (Å²) >= 11 is 0. The summed E-state index contributed by atoms with van der Waals surface area (Å²) in [5.41, 5.74) is 4.67. The van der Waals surface area contributed by atoms with Crippen molar-refractivity contribution < 1.29 is 14.3 Å². The molecule has 2 N–H and O–H groups in total. The Labute approximate surface area is 124 Å². The lowest BCUT2D eigenvalue weighted by atomic mass is 9.96. The van der Waals surface area contributed by atoms with Crippen molar-refractivity contribution in [3.05, 3.63) is 28.6 Å².